The van der Waals surface area contributed by atoms with Crippen LogP contribution in [0.2, 0.25) is 0 Å². The van der Waals surface area contributed by atoms with Crippen LogP contribution < -0.4 is 15.4 Å². The fraction of sp³-hybridized carbons (Fsp3) is 0.682. The van der Waals surface area contributed by atoms with Crippen LogP contribution in [0.4, 0.5) is 0 Å². The summed E-state index contributed by atoms with van der Waals surface area (Å²) in [7, 11) is 5.76. The lowest BCUT2D eigenvalue weighted by atomic mass is 9.98. The summed E-state index contributed by atoms with van der Waals surface area (Å²) in [6.45, 7) is 7.60. The number of hydrogen-bond donors (Lipinski definition) is 2. The third-order valence-electron chi connectivity index (χ3n) is 5.95. The normalized spacial score (nSPS) is 22.1. The molecule has 2 unspecified atom stereocenters. The Morgan fingerprint density at radius 2 is 1.93 bits per heavy atom. The zero-order valence-electron chi connectivity index (χ0n) is 18.6. The number of nitrogens with zero attached hydrogens (tertiary/aromatic N) is 3. The number of hydrogen-bond acceptors (Lipinski definition) is 5. The zero-order valence-corrected chi connectivity index (χ0v) is 20.9. The number of aliphatic imine (C=N–C) groups is 1. The highest BCUT2D eigenvalue weighted by Crippen LogP contribution is 2.23. The van der Waals surface area contributed by atoms with E-state index in [4.69, 9.17) is 9.47 Å². The smallest absolute Gasteiger partial charge is 0.191 e. The summed E-state index contributed by atoms with van der Waals surface area (Å²) in [5.41, 5.74) is 1.28. The molecule has 0 spiro atoms. The lowest BCUT2D eigenvalue weighted by molar-refractivity contribution is 0.0170. The monoisotopic (exact) mass is 531 g/mol. The molecule has 0 aliphatic carbocycles. The molecule has 30 heavy (non-hydrogen) atoms. The van der Waals surface area contributed by atoms with Gasteiger partial charge in [-0.2, -0.15) is 0 Å². The maximum atomic E-state index is 5.56. The zero-order chi connectivity index (χ0) is 20.5. The molecule has 2 aliphatic heterocycles. The average Bonchev–Trinajstić information content (AvgIpc) is 2.77. The topological polar surface area (TPSA) is 61.4 Å². The standard InChI is InChI=1S/C22H37N5O2.HI/c1-23-22(24-15-18-5-4-10-26(2)17-18)25-16-21(27-11-13-29-14-12-27)19-6-8-20(28-3)9-7-19;/h6-9,18,21H,4-5,10-17H2,1-3H3,(H2,23,24,25);1H. The van der Waals surface area contributed by atoms with Gasteiger partial charge >= 0.3 is 0 Å². The lowest BCUT2D eigenvalue weighted by Crippen LogP contribution is -2.47. The Labute approximate surface area is 198 Å². The number of ether oxygens (including phenoxy) is 2. The molecule has 0 bridgehead atoms. The van der Waals surface area contributed by atoms with Gasteiger partial charge in [-0.25, -0.2) is 0 Å². The molecule has 1 aromatic carbocycles. The van der Waals surface area contributed by atoms with E-state index in [2.05, 4.69) is 44.6 Å². The molecule has 0 aromatic heterocycles. The molecule has 8 heteroatoms. The van der Waals surface area contributed by atoms with E-state index < -0.39 is 0 Å². The van der Waals surface area contributed by atoms with Crippen molar-refractivity contribution in [3.8, 4) is 5.75 Å². The Morgan fingerprint density at radius 1 is 1.20 bits per heavy atom. The molecule has 2 aliphatic rings. The predicted molar refractivity (Wildman–Crippen MR) is 133 cm³/mol. The maximum Gasteiger partial charge on any atom is 0.191 e. The number of guanidine groups is 1. The largest absolute Gasteiger partial charge is 0.497 e. The molecule has 1 aromatic rings. The average molecular weight is 531 g/mol. The van der Waals surface area contributed by atoms with Crippen molar-refractivity contribution in [3.05, 3.63) is 29.8 Å². The van der Waals surface area contributed by atoms with E-state index in [-0.39, 0.29) is 30.0 Å². The Hall–Kier alpha value is -1.10. The predicted octanol–water partition coefficient (Wildman–Crippen LogP) is 2.19. The SMILES string of the molecule is CN=C(NCC1CCCN(C)C1)NCC(c1ccc(OC)cc1)N1CCOCC1.I. The van der Waals surface area contributed by atoms with E-state index in [1.165, 1.54) is 24.9 Å². The van der Waals surface area contributed by atoms with Crippen LogP contribution >= 0.6 is 24.0 Å². The number of rotatable bonds is 7. The Morgan fingerprint density at radius 3 is 2.57 bits per heavy atom. The van der Waals surface area contributed by atoms with Gasteiger partial charge < -0.3 is 25.0 Å². The third-order valence-corrected chi connectivity index (χ3v) is 5.95. The van der Waals surface area contributed by atoms with E-state index in [1.54, 1.807) is 7.11 Å². The van der Waals surface area contributed by atoms with Crippen LogP contribution in [0.5, 0.6) is 5.75 Å². The number of methoxy groups -OCH3 is 1. The second-order valence-electron chi connectivity index (χ2n) is 8.04. The van der Waals surface area contributed by atoms with Gasteiger partial charge in [0, 0.05) is 39.8 Å². The third kappa shape index (κ3) is 7.55. The summed E-state index contributed by atoms with van der Waals surface area (Å²) in [6, 6.07) is 8.66. The van der Waals surface area contributed by atoms with Crippen LogP contribution in [0.1, 0.15) is 24.4 Å². The quantitative estimate of drug-likeness (QED) is 0.320. The molecular formula is C22H38IN5O2. The first-order chi connectivity index (χ1) is 14.2. The molecule has 2 heterocycles. The van der Waals surface area contributed by atoms with E-state index in [1.807, 2.05) is 19.2 Å². The highest BCUT2D eigenvalue weighted by molar-refractivity contribution is 14.0. The Kier molecular flexibility index (Phi) is 11.2. The molecule has 3 rings (SSSR count). The van der Waals surface area contributed by atoms with Crippen molar-refractivity contribution in [3.63, 3.8) is 0 Å². The summed E-state index contributed by atoms with van der Waals surface area (Å²) in [5.74, 6) is 2.45. The molecule has 2 saturated heterocycles. The molecule has 2 fully saturated rings. The molecule has 170 valence electrons. The number of benzene rings is 1. The molecule has 2 atom stereocenters. The number of piperidine rings is 1. The molecule has 0 radical (unpaired) electrons. The van der Waals surface area contributed by atoms with Gasteiger partial charge in [-0.15, -0.1) is 24.0 Å². The van der Waals surface area contributed by atoms with Crippen LogP contribution in [0, 0.1) is 5.92 Å². The van der Waals surface area contributed by atoms with Gasteiger partial charge in [0.15, 0.2) is 5.96 Å². The fourth-order valence-corrected chi connectivity index (χ4v) is 4.27. The van der Waals surface area contributed by atoms with E-state index in [0.29, 0.717) is 5.92 Å². The number of likely N-dealkylation sites (tertiary alicyclic amines) is 1. The molecule has 0 saturated carbocycles. The van der Waals surface area contributed by atoms with Gasteiger partial charge in [-0.1, -0.05) is 12.1 Å². The Bertz CT molecular complexity index is 637. The van der Waals surface area contributed by atoms with Crippen LogP contribution in [-0.2, 0) is 4.74 Å². The Balaban J connectivity index is 0.00000320. The molecular weight excluding hydrogens is 493 g/mol. The summed E-state index contributed by atoms with van der Waals surface area (Å²) in [4.78, 5) is 9.36. The highest BCUT2D eigenvalue weighted by Gasteiger charge is 2.23. The fourth-order valence-electron chi connectivity index (χ4n) is 4.27. The molecule has 7 nitrogen and oxygen atoms in total. The molecule has 2 N–H and O–H groups in total. The van der Waals surface area contributed by atoms with E-state index >= 15 is 0 Å². The minimum absolute atomic E-state index is 0. The first-order valence-electron chi connectivity index (χ1n) is 10.8. The maximum absolute atomic E-state index is 5.56. The van der Waals surface area contributed by atoms with Gasteiger partial charge in [0.05, 0.1) is 26.4 Å². The molecule has 0 amide bonds. The van der Waals surface area contributed by atoms with Crippen molar-refractivity contribution in [1.82, 2.24) is 20.4 Å². The van der Waals surface area contributed by atoms with Crippen molar-refractivity contribution in [1.29, 1.82) is 0 Å². The van der Waals surface area contributed by atoms with Crippen LogP contribution in [-0.4, -0.2) is 89.4 Å². The van der Waals surface area contributed by atoms with Crippen LogP contribution in [0.15, 0.2) is 29.3 Å². The second kappa shape index (κ2) is 13.3. The summed E-state index contributed by atoms with van der Waals surface area (Å²) < 4.78 is 10.9. The highest BCUT2D eigenvalue weighted by atomic mass is 127. The first-order valence-corrected chi connectivity index (χ1v) is 10.8. The number of morpholine rings is 1. The van der Waals surface area contributed by atoms with E-state index in [0.717, 1.165) is 57.6 Å². The van der Waals surface area contributed by atoms with Crippen molar-refractivity contribution in [2.24, 2.45) is 10.9 Å². The van der Waals surface area contributed by atoms with Crippen molar-refractivity contribution >= 4 is 29.9 Å². The summed E-state index contributed by atoms with van der Waals surface area (Å²) in [5, 5.41) is 7.09. The van der Waals surface area contributed by atoms with Crippen molar-refractivity contribution in [2.75, 3.05) is 73.7 Å². The van der Waals surface area contributed by atoms with E-state index in [9.17, 15) is 0 Å². The second-order valence-corrected chi connectivity index (χ2v) is 8.04. The van der Waals surface area contributed by atoms with Crippen molar-refractivity contribution in [2.45, 2.75) is 18.9 Å². The van der Waals surface area contributed by atoms with Crippen LogP contribution in [0.25, 0.3) is 0 Å². The van der Waals surface area contributed by atoms with Gasteiger partial charge in [0.25, 0.3) is 0 Å². The number of halogens is 1. The summed E-state index contributed by atoms with van der Waals surface area (Å²) >= 11 is 0. The minimum atomic E-state index is 0. The van der Waals surface area contributed by atoms with Crippen LogP contribution in [0.3, 0.4) is 0 Å². The number of nitrogens with one attached hydrogen (secondary N) is 2. The lowest BCUT2D eigenvalue weighted by Gasteiger charge is -2.35. The minimum Gasteiger partial charge on any atom is -0.497 e. The van der Waals surface area contributed by atoms with Gasteiger partial charge in [0.1, 0.15) is 5.75 Å². The first kappa shape index (κ1) is 25.2. The van der Waals surface area contributed by atoms with Gasteiger partial charge in [-0.3, -0.25) is 9.89 Å². The van der Waals surface area contributed by atoms with Crippen molar-refractivity contribution < 1.29 is 9.47 Å². The summed E-state index contributed by atoms with van der Waals surface area (Å²) in [6.07, 6.45) is 2.57. The van der Waals surface area contributed by atoms with Gasteiger partial charge in [0.2, 0.25) is 0 Å². The van der Waals surface area contributed by atoms with Gasteiger partial charge in [-0.05, 0) is 50.0 Å².